The molecule has 0 saturated heterocycles. The predicted molar refractivity (Wildman–Crippen MR) is 62.3 cm³/mol. The zero-order valence-electron chi connectivity index (χ0n) is 10.4. The Balaban J connectivity index is 4.09. The number of carbonyl (C=O) groups excluding carboxylic acids is 1. The van der Waals surface area contributed by atoms with E-state index < -0.39 is 18.0 Å². The van der Waals surface area contributed by atoms with E-state index in [4.69, 9.17) is 5.11 Å². The Morgan fingerprint density at radius 2 is 1.62 bits per heavy atom. The quantitative estimate of drug-likeness (QED) is 0.648. The highest BCUT2D eigenvalue weighted by Gasteiger charge is 2.18. The lowest BCUT2D eigenvalue weighted by Crippen LogP contribution is -2.48. The summed E-state index contributed by atoms with van der Waals surface area (Å²) in [5.41, 5.74) is 0. The van der Waals surface area contributed by atoms with E-state index in [1.807, 2.05) is 6.92 Å². The van der Waals surface area contributed by atoms with Crippen LogP contribution < -0.4 is 10.6 Å². The average Bonchev–Trinajstić information content (AvgIpc) is 2.18. The van der Waals surface area contributed by atoms with Crippen LogP contribution in [-0.2, 0) is 4.79 Å². The molecule has 0 aliphatic carbocycles. The Morgan fingerprint density at radius 1 is 1.12 bits per heavy atom. The van der Waals surface area contributed by atoms with Crippen LogP contribution in [0.4, 0.5) is 4.79 Å². The number of amides is 2. The van der Waals surface area contributed by atoms with Gasteiger partial charge in [-0.15, -0.1) is 0 Å². The van der Waals surface area contributed by atoms with Crippen molar-refractivity contribution in [3.63, 3.8) is 0 Å². The lowest BCUT2D eigenvalue weighted by Gasteiger charge is -2.23. The molecule has 0 radical (unpaired) electrons. The van der Waals surface area contributed by atoms with Crippen LogP contribution in [-0.4, -0.2) is 29.2 Å². The monoisotopic (exact) mass is 230 g/mol. The van der Waals surface area contributed by atoms with Gasteiger partial charge in [-0.1, -0.05) is 26.7 Å². The van der Waals surface area contributed by atoms with E-state index in [0.717, 1.165) is 12.8 Å². The van der Waals surface area contributed by atoms with E-state index in [1.54, 1.807) is 0 Å². The standard InChI is InChI=1S/C11H22N2O3/c1-5-9(6-2)7(3)12-11(16)13-8(4)10(14)15/h7-9H,5-6H2,1-4H3,(H,14,15)(H2,12,13,16)/t7?,8-/m1/s1. The molecule has 0 rings (SSSR count). The molecule has 0 aliphatic heterocycles. The molecule has 1 unspecified atom stereocenters. The molecule has 0 aromatic rings. The molecule has 94 valence electrons. The highest BCUT2D eigenvalue weighted by Crippen LogP contribution is 2.12. The molecular weight excluding hydrogens is 208 g/mol. The molecule has 0 aromatic carbocycles. The second-order valence-electron chi connectivity index (χ2n) is 4.04. The molecule has 0 heterocycles. The predicted octanol–water partition coefficient (Wildman–Crippen LogP) is 1.58. The third-order valence-electron chi connectivity index (χ3n) is 2.83. The van der Waals surface area contributed by atoms with E-state index in [2.05, 4.69) is 24.5 Å². The van der Waals surface area contributed by atoms with E-state index in [9.17, 15) is 9.59 Å². The number of nitrogens with one attached hydrogen (secondary N) is 2. The molecular formula is C11H22N2O3. The maximum absolute atomic E-state index is 11.4. The third kappa shape index (κ3) is 5.00. The van der Waals surface area contributed by atoms with Crippen molar-refractivity contribution in [1.82, 2.24) is 10.6 Å². The van der Waals surface area contributed by atoms with Crippen LogP contribution in [0.5, 0.6) is 0 Å². The van der Waals surface area contributed by atoms with Gasteiger partial charge in [0.2, 0.25) is 0 Å². The molecule has 2 amide bonds. The molecule has 0 aromatic heterocycles. The summed E-state index contributed by atoms with van der Waals surface area (Å²) in [6.45, 7) is 7.51. The SMILES string of the molecule is CCC(CC)C(C)NC(=O)N[C@H](C)C(=O)O. The van der Waals surface area contributed by atoms with Gasteiger partial charge in [0.15, 0.2) is 0 Å². The summed E-state index contributed by atoms with van der Waals surface area (Å²) in [6.07, 6.45) is 1.98. The van der Waals surface area contributed by atoms with Gasteiger partial charge in [0.1, 0.15) is 6.04 Å². The summed E-state index contributed by atoms with van der Waals surface area (Å²) in [7, 11) is 0. The molecule has 5 heteroatoms. The Morgan fingerprint density at radius 3 is 2.00 bits per heavy atom. The fourth-order valence-electron chi connectivity index (χ4n) is 1.62. The van der Waals surface area contributed by atoms with E-state index in [0.29, 0.717) is 5.92 Å². The van der Waals surface area contributed by atoms with Crippen LogP contribution in [0.15, 0.2) is 0 Å². The molecule has 16 heavy (non-hydrogen) atoms. The molecule has 0 spiro atoms. The maximum Gasteiger partial charge on any atom is 0.325 e. The Kier molecular flexibility index (Phi) is 6.53. The normalized spacial score (nSPS) is 14.3. The number of rotatable bonds is 6. The summed E-state index contributed by atoms with van der Waals surface area (Å²) in [5.74, 6) is -0.615. The van der Waals surface area contributed by atoms with Gasteiger partial charge in [-0.05, 0) is 19.8 Å². The van der Waals surface area contributed by atoms with Gasteiger partial charge in [-0.3, -0.25) is 4.79 Å². The summed E-state index contributed by atoms with van der Waals surface area (Å²) < 4.78 is 0. The van der Waals surface area contributed by atoms with Gasteiger partial charge in [0.05, 0.1) is 0 Å². The molecule has 0 fully saturated rings. The first-order valence-corrected chi connectivity index (χ1v) is 5.72. The first-order chi connectivity index (χ1) is 7.42. The van der Waals surface area contributed by atoms with Crippen LogP contribution in [0.25, 0.3) is 0 Å². The molecule has 3 N–H and O–H groups in total. The minimum absolute atomic E-state index is 0.0518. The van der Waals surface area contributed by atoms with Crippen molar-refractivity contribution in [2.45, 2.75) is 52.6 Å². The van der Waals surface area contributed by atoms with Crippen molar-refractivity contribution in [2.75, 3.05) is 0 Å². The summed E-state index contributed by atoms with van der Waals surface area (Å²) in [5, 5.41) is 13.7. The van der Waals surface area contributed by atoms with Crippen molar-refractivity contribution in [3.05, 3.63) is 0 Å². The molecule has 2 atom stereocenters. The first-order valence-electron chi connectivity index (χ1n) is 5.72. The number of hydrogen-bond donors (Lipinski definition) is 3. The highest BCUT2D eigenvalue weighted by atomic mass is 16.4. The fourth-order valence-corrected chi connectivity index (χ4v) is 1.62. The van der Waals surface area contributed by atoms with Crippen LogP contribution in [0.3, 0.4) is 0 Å². The molecule has 0 saturated carbocycles. The minimum atomic E-state index is -1.04. The second kappa shape index (κ2) is 7.09. The number of carboxylic acids is 1. The summed E-state index contributed by atoms with van der Waals surface area (Å²) in [6, 6.07) is -1.24. The first kappa shape index (κ1) is 14.7. The Bertz CT molecular complexity index is 239. The Labute approximate surface area is 96.6 Å². The largest absolute Gasteiger partial charge is 0.480 e. The van der Waals surface area contributed by atoms with Crippen molar-refractivity contribution in [1.29, 1.82) is 0 Å². The number of carbonyl (C=O) groups is 2. The molecule has 0 aliphatic rings. The van der Waals surface area contributed by atoms with Crippen molar-refractivity contribution < 1.29 is 14.7 Å². The topological polar surface area (TPSA) is 78.4 Å². The third-order valence-corrected chi connectivity index (χ3v) is 2.83. The minimum Gasteiger partial charge on any atom is -0.480 e. The van der Waals surface area contributed by atoms with Crippen molar-refractivity contribution in [3.8, 4) is 0 Å². The van der Waals surface area contributed by atoms with Crippen LogP contribution in [0.1, 0.15) is 40.5 Å². The van der Waals surface area contributed by atoms with Crippen LogP contribution in [0.2, 0.25) is 0 Å². The summed E-state index contributed by atoms with van der Waals surface area (Å²) in [4.78, 5) is 21.9. The number of urea groups is 1. The Hall–Kier alpha value is -1.26. The number of hydrogen-bond acceptors (Lipinski definition) is 2. The lowest BCUT2D eigenvalue weighted by atomic mass is 9.96. The van der Waals surface area contributed by atoms with Crippen LogP contribution >= 0.6 is 0 Å². The summed E-state index contributed by atoms with van der Waals surface area (Å²) >= 11 is 0. The molecule has 0 bridgehead atoms. The van der Waals surface area contributed by atoms with E-state index >= 15 is 0 Å². The average molecular weight is 230 g/mol. The van der Waals surface area contributed by atoms with E-state index in [1.165, 1.54) is 6.92 Å². The second-order valence-corrected chi connectivity index (χ2v) is 4.04. The zero-order chi connectivity index (χ0) is 12.7. The van der Waals surface area contributed by atoms with Gasteiger partial charge in [0, 0.05) is 6.04 Å². The maximum atomic E-state index is 11.4. The lowest BCUT2D eigenvalue weighted by molar-refractivity contribution is -0.138. The number of aliphatic carboxylic acids is 1. The van der Waals surface area contributed by atoms with Crippen molar-refractivity contribution >= 4 is 12.0 Å². The fraction of sp³-hybridized carbons (Fsp3) is 0.818. The zero-order valence-corrected chi connectivity index (χ0v) is 10.4. The van der Waals surface area contributed by atoms with Gasteiger partial charge in [-0.2, -0.15) is 0 Å². The molecule has 5 nitrogen and oxygen atoms in total. The smallest absolute Gasteiger partial charge is 0.325 e. The van der Waals surface area contributed by atoms with E-state index in [-0.39, 0.29) is 6.04 Å². The van der Waals surface area contributed by atoms with Gasteiger partial charge in [-0.25, -0.2) is 4.79 Å². The highest BCUT2D eigenvalue weighted by molar-refractivity contribution is 5.82. The van der Waals surface area contributed by atoms with Gasteiger partial charge in [0.25, 0.3) is 0 Å². The van der Waals surface area contributed by atoms with Crippen LogP contribution in [0, 0.1) is 5.92 Å². The number of carboxylic acid groups (broad SMARTS) is 1. The van der Waals surface area contributed by atoms with Gasteiger partial charge < -0.3 is 15.7 Å². The van der Waals surface area contributed by atoms with Gasteiger partial charge >= 0.3 is 12.0 Å². The van der Waals surface area contributed by atoms with Crippen molar-refractivity contribution in [2.24, 2.45) is 5.92 Å².